The number of nitrogens with one attached hydrogen (secondary N) is 1. The highest BCUT2D eigenvalue weighted by Crippen LogP contribution is 2.38. The molecule has 3 aromatic rings. The van der Waals surface area contributed by atoms with Crippen molar-refractivity contribution in [3.05, 3.63) is 60.3 Å². The molecule has 200 valence electrons. The lowest BCUT2D eigenvalue weighted by molar-refractivity contribution is 0.0981. The van der Waals surface area contributed by atoms with Crippen LogP contribution in [0.5, 0.6) is 5.88 Å². The van der Waals surface area contributed by atoms with Crippen LogP contribution in [0.15, 0.2) is 59.6 Å². The molecule has 37 heavy (non-hydrogen) atoms. The van der Waals surface area contributed by atoms with Gasteiger partial charge in [-0.15, -0.1) is 5.10 Å². The van der Waals surface area contributed by atoms with E-state index in [4.69, 9.17) is 9.72 Å². The second-order valence-corrected chi connectivity index (χ2v) is 17.1. The fourth-order valence-electron chi connectivity index (χ4n) is 4.49. The van der Waals surface area contributed by atoms with E-state index in [0.29, 0.717) is 35.9 Å². The Hall–Kier alpha value is -3.05. The van der Waals surface area contributed by atoms with Crippen LogP contribution in [0, 0.1) is 5.92 Å². The van der Waals surface area contributed by atoms with E-state index in [0.717, 1.165) is 6.42 Å². The third-order valence-electron chi connectivity index (χ3n) is 6.07. The van der Waals surface area contributed by atoms with Crippen molar-refractivity contribution in [3.8, 4) is 11.7 Å². The standard InChI is InChI=1S/C26H35N5O4S2/c1-19-16-26(2,3)30(17-19)24-21(25(32)29-37(33,34)20-10-8-7-9-11-20)12-13-22(27-24)31-15-14-23(28-31)35-18-36(4,5)6/h7-15,19H,16-18H2,1-6H3,(H,29,32)/t19-/m0/s1. The van der Waals surface area contributed by atoms with Crippen LogP contribution in [0.3, 0.4) is 0 Å². The van der Waals surface area contributed by atoms with E-state index in [-0.39, 0.29) is 16.0 Å². The average molecular weight is 546 g/mol. The molecule has 1 saturated heterocycles. The molecule has 0 spiro atoms. The summed E-state index contributed by atoms with van der Waals surface area (Å²) in [6.45, 7) is 7.04. The number of nitrogens with zero attached hydrogens (tertiary/aromatic N) is 4. The summed E-state index contributed by atoms with van der Waals surface area (Å²) >= 11 is 0. The Labute approximate surface area is 220 Å². The molecule has 11 heteroatoms. The minimum Gasteiger partial charge on any atom is -0.467 e. The molecule has 0 aliphatic carbocycles. The van der Waals surface area contributed by atoms with Crippen molar-refractivity contribution < 1.29 is 17.9 Å². The molecule has 1 atom stereocenters. The fraction of sp³-hybridized carbons (Fsp3) is 0.423. The zero-order chi connectivity index (χ0) is 27.0. The predicted octanol–water partition coefficient (Wildman–Crippen LogP) is 4.04. The summed E-state index contributed by atoms with van der Waals surface area (Å²) in [6, 6.07) is 12.9. The minimum absolute atomic E-state index is 0.0192. The first-order valence-electron chi connectivity index (χ1n) is 12.0. The molecule has 0 bridgehead atoms. The van der Waals surface area contributed by atoms with Crippen LogP contribution in [-0.2, 0) is 10.0 Å². The number of carbonyl (C=O) groups excluding carboxylic acids is 1. The molecule has 4 rings (SSSR count). The van der Waals surface area contributed by atoms with Gasteiger partial charge in [0.05, 0.1) is 10.5 Å². The minimum atomic E-state index is -4.04. The summed E-state index contributed by atoms with van der Waals surface area (Å²) in [5, 5.41) is 4.51. The number of aromatic nitrogens is 3. The highest BCUT2D eigenvalue weighted by atomic mass is 32.3. The van der Waals surface area contributed by atoms with Gasteiger partial charge in [0.15, 0.2) is 5.82 Å². The third-order valence-corrected chi connectivity index (χ3v) is 8.25. The lowest BCUT2D eigenvalue weighted by atomic mass is 9.97. The Balaban J connectivity index is 1.70. The van der Waals surface area contributed by atoms with Gasteiger partial charge in [-0.25, -0.2) is 32.8 Å². The van der Waals surface area contributed by atoms with Gasteiger partial charge in [0, 0.05) is 24.3 Å². The number of carbonyl (C=O) groups is 1. The molecule has 1 N–H and O–H groups in total. The SMILES string of the molecule is C[C@@H]1CN(c2nc(-n3ccc(OCS(C)(C)C)n3)ccc2C(=O)NS(=O)(=O)c2ccccc2)C(C)(C)C1. The van der Waals surface area contributed by atoms with Crippen molar-refractivity contribution in [1.29, 1.82) is 0 Å². The first-order valence-corrected chi connectivity index (χ1v) is 16.5. The van der Waals surface area contributed by atoms with Gasteiger partial charge in [-0.2, -0.15) is 0 Å². The molecule has 0 unspecified atom stereocenters. The molecule has 1 aliphatic heterocycles. The van der Waals surface area contributed by atoms with E-state index in [1.165, 1.54) is 12.1 Å². The van der Waals surface area contributed by atoms with E-state index in [1.54, 1.807) is 47.3 Å². The highest BCUT2D eigenvalue weighted by Gasteiger charge is 2.39. The Morgan fingerprint density at radius 1 is 1.11 bits per heavy atom. The Morgan fingerprint density at radius 3 is 2.43 bits per heavy atom. The van der Waals surface area contributed by atoms with E-state index in [9.17, 15) is 13.2 Å². The topological polar surface area (TPSA) is 106 Å². The molecule has 0 radical (unpaired) electrons. The summed E-state index contributed by atoms with van der Waals surface area (Å²) in [4.78, 5) is 20.3. The van der Waals surface area contributed by atoms with E-state index in [2.05, 4.69) is 54.3 Å². The number of hydrogen-bond acceptors (Lipinski definition) is 7. The van der Waals surface area contributed by atoms with Crippen LogP contribution in [0.25, 0.3) is 5.82 Å². The second kappa shape index (κ2) is 10.0. The van der Waals surface area contributed by atoms with Crippen LogP contribution in [0.1, 0.15) is 37.6 Å². The molecular weight excluding hydrogens is 510 g/mol. The molecule has 1 aromatic carbocycles. The van der Waals surface area contributed by atoms with Crippen LogP contribution in [-0.4, -0.2) is 65.9 Å². The summed E-state index contributed by atoms with van der Waals surface area (Å²) < 4.78 is 35.4. The van der Waals surface area contributed by atoms with Crippen LogP contribution in [0.4, 0.5) is 5.82 Å². The summed E-state index contributed by atoms with van der Waals surface area (Å²) in [6.07, 6.45) is 9.17. The number of ether oxygens (including phenoxy) is 1. The Kier molecular flexibility index (Phi) is 7.31. The number of hydrogen-bond donors (Lipinski definition) is 1. The lowest BCUT2D eigenvalue weighted by Crippen LogP contribution is -2.41. The second-order valence-electron chi connectivity index (χ2n) is 11.0. The first kappa shape index (κ1) is 27.0. The van der Waals surface area contributed by atoms with Crippen LogP contribution < -0.4 is 14.4 Å². The van der Waals surface area contributed by atoms with E-state index in [1.807, 2.05) is 0 Å². The summed E-state index contributed by atoms with van der Waals surface area (Å²) in [5.74, 6) is 1.67. The number of pyridine rings is 1. The van der Waals surface area contributed by atoms with Crippen molar-refractivity contribution in [2.24, 2.45) is 5.92 Å². The highest BCUT2D eigenvalue weighted by molar-refractivity contribution is 8.32. The number of amides is 1. The van der Waals surface area contributed by atoms with Gasteiger partial charge in [0.1, 0.15) is 11.8 Å². The third kappa shape index (κ3) is 6.27. The van der Waals surface area contributed by atoms with Gasteiger partial charge in [-0.05, 0) is 69.2 Å². The van der Waals surface area contributed by atoms with Gasteiger partial charge in [-0.1, -0.05) is 25.1 Å². The maximum atomic E-state index is 13.3. The quantitative estimate of drug-likeness (QED) is 0.455. The predicted molar refractivity (Wildman–Crippen MR) is 149 cm³/mol. The molecule has 1 fully saturated rings. The molecule has 0 saturated carbocycles. The fourth-order valence-corrected chi connectivity index (χ4v) is 5.95. The van der Waals surface area contributed by atoms with Crippen molar-refractivity contribution >= 4 is 31.8 Å². The lowest BCUT2D eigenvalue weighted by Gasteiger charge is -2.34. The van der Waals surface area contributed by atoms with Gasteiger partial charge >= 0.3 is 0 Å². The summed E-state index contributed by atoms with van der Waals surface area (Å²) in [5.41, 5.74) is -0.0860. The van der Waals surface area contributed by atoms with Crippen molar-refractivity contribution in [2.45, 2.75) is 37.6 Å². The largest absolute Gasteiger partial charge is 0.467 e. The van der Waals surface area contributed by atoms with Crippen LogP contribution in [0.2, 0.25) is 0 Å². The molecular formula is C26H35N5O4S2. The number of benzene rings is 1. The Bertz CT molecular complexity index is 1380. The average Bonchev–Trinajstić information content (AvgIpc) is 3.40. The van der Waals surface area contributed by atoms with Gasteiger partial charge in [0.2, 0.25) is 5.88 Å². The van der Waals surface area contributed by atoms with Crippen molar-refractivity contribution in [1.82, 2.24) is 19.5 Å². The van der Waals surface area contributed by atoms with Crippen molar-refractivity contribution in [2.75, 3.05) is 36.2 Å². The molecule has 9 nitrogen and oxygen atoms in total. The molecule has 2 aromatic heterocycles. The monoisotopic (exact) mass is 545 g/mol. The van der Waals surface area contributed by atoms with Gasteiger partial charge in [-0.3, -0.25) is 4.79 Å². The number of rotatable bonds is 8. The number of sulfonamides is 1. The van der Waals surface area contributed by atoms with Crippen molar-refractivity contribution in [3.63, 3.8) is 0 Å². The number of anilines is 1. The zero-order valence-electron chi connectivity index (χ0n) is 22.1. The van der Waals surface area contributed by atoms with E-state index >= 15 is 0 Å². The maximum absolute atomic E-state index is 13.3. The van der Waals surface area contributed by atoms with Gasteiger partial charge < -0.3 is 9.64 Å². The smallest absolute Gasteiger partial charge is 0.268 e. The zero-order valence-corrected chi connectivity index (χ0v) is 23.8. The van der Waals surface area contributed by atoms with E-state index < -0.39 is 26.0 Å². The molecule has 1 amide bonds. The van der Waals surface area contributed by atoms with Gasteiger partial charge in [0.25, 0.3) is 15.9 Å². The van der Waals surface area contributed by atoms with Crippen LogP contribution >= 0.6 is 10.0 Å². The molecule has 3 heterocycles. The molecule has 1 aliphatic rings. The normalized spacial score (nSPS) is 18.0. The summed E-state index contributed by atoms with van der Waals surface area (Å²) in [7, 11) is -4.89. The Morgan fingerprint density at radius 2 is 1.81 bits per heavy atom. The maximum Gasteiger partial charge on any atom is 0.268 e. The first-order chi connectivity index (χ1) is 17.2.